The first-order chi connectivity index (χ1) is 15.8. The molecule has 2 amide bonds. The number of morpholine rings is 1. The number of ether oxygens (including phenoxy) is 3. The van der Waals surface area contributed by atoms with Crippen LogP contribution in [0, 0.1) is 5.92 Å². The minimum absolute atomic E-state index is 0.0668. The van der Waals surface area contributed by atoms with E-state index in [9.17, 15) is 9.59 Å². The van der Waals surface area contributed by atoms with Gasteiger partial charge in [0.2, 0.25) is 0 Å². The van der Waals surface area contributed by atoms with Gasteiger partial charge < -0.3 is 30.2 Å². The van der Waals surface area contributed by atoms with Gasteiger partial charge in [0.1, 0.15) is 11.9 Å². The Morgan fingerprint density at radius 2 is 2.00 bits per heavy atom. The van der Waals surface area contributed by atoms with E-state index in [2.05, 4.69) is 10.2 Å². The highest BCUT2D eigenvalue weighted by Gasteiger charge is 2.29. The van der Waals surface area contributed by atoms with Crippen LogP contribution in [0.25, 0.3) is 0 Å². The molecule has 0 bridgehead atoms. The van der Waals surface area contributed by atoms with E-state index in [1.165, 1.54) is 13.2 Å². The molecule has 0 aromatic heterocycles. The van der Waals surface area contributed by atoms with E-state index in [4.69, 9.17) is 31.5 Å². The summed E-state index contributed by atoms with van der Waals surface area (Å²) in [5, 5.41) is 3.23. The fraction of sp³-hybridized carbons (Fsp3) is 0.652. The number of nitrogen functional groups attached to an aromatic ring is 1. The van der Waals surface area contributed by atoms with Crippen molar-refractivity contribution in [1.82, 2.24) is 15.1 Å². The summed E-state index contributed by atoms with van der Waals surface area (Å²) in [6.07, 6.45) is 1.49. The molecule has 0 spiro atoms. The summed E-state index contributed by atoms with van der Waals surface area (Å²) in [5.74, 6) is 0.709. The summed E-state index contributed by atoms with van der Waals surface area (Å²) in [7, 11) is 3.05. The molecular formula is C23H35ClN4O5. The van der Waals surface area contributed by atoms with Crippen molar-refractivity contribution in [2.45, 2.75) is 32.0 Å². The Kier molecular flexibility index (Phi) is 9.19. The molecule has 2 atom stereocenters. The number of nitrogens with zero attached hydrogens (tertiary/aromatic N) is 2. The molecule has 1 aromatic rings. The Balaban J connectivity index is 1.45. The number of nitrogens with one attached hydrogen (secondary N) is 1. The number of halogens is 1. The minimum Gasteiger partial charge on any atom is -0.496 e. The quantitative estimate of drug-likeness (QED) is 0.542. The Morgan fingerprint density at radius 1 is 1.27 bits per heavy atom. The van der Waals surface area contributed by atoms with Crippen molar-refractivity contribution < 1.29 is 23.8 Å². The number of nitrogens with two attached hydrogens (primary N) is 1. The van der Waals surface area contributed by atoms with Crippen molar-refractivity contribution in [3.63, 3.8) is 0 Å². The van der Waals surface area contributed by atoms with Crippen molar-refractivity contribution in [2.75, 3.05) is 65.8 Å². The largest absolute Gasteiger partial charge is 0.496 e. The maximum atomic E-state index is 12.7. The SMILES string of the molecule is COc1cc(N)c(Cl)cc1C(=O)NCC1CN(CC2CCN(C(=O)C(C)OC)CC2)CCO1. The number of hydrogen-bond donors (Lipinski definition) is 2. The van der Waals surface area contributed by atoms with Crippen LogP contribution in [0.2, 0.25) is 5.02 Å². The Bertz CT molecular complexity index is 831. The average molecular weight is 483 g/mol. The molecule has 2 aliphatic rings. The van der Waals surface area contributed by atoms with Crippen LogP contribution >= 0.6 is 11.6 Å². The Labute approximate surface area is 200 Å². The summed E-state index contributed by atoms with van der Waals surface area (Å²) in [6, 6.07) is 3.06. The fourth-order valence-electron chi connectivity index (χ4n) is 4.35. The van der Waals surface area contributed by atoms with Crippen LogP contribution in [0.15, 0.2) is 12.1 Å². The van der Waals surface area contributed by atoms with Gasteiger partial charge >= 0.3 is 0 Å². The van der Waals surface area contributed by atoms with E-state index in [0.717, 1.165) is 45.6 Å². The van der Waals surface area contributed by atoms with Crippen LogP contribution in [-0.2, 0) is 14.3 Å². The average Bonchev–Trinajstić information content (AvgIpc) is 2.83. The summed E-state index contributed by atoms with van der Waals surface area (Å²) in [5.41, 5.74) is 6.50. The second kappa shape index (κ2) is 11.9. The zero-order valence-corrected chi connectivity index (χ0v) is 20.4. The number of likely N-dealkylation sites (tertiary alicyclic amines) is 1. The van der Waals surface area contributed by atoms with Crippen LogP contribution in [0.4, 0.5) is 5.69 Å². The van der Waals surface area contributed by atoms with Gasteiger partial charge in [0.25, 0.3) is 11.8 Å². The lowest BCUT2D eigenvalue weighted by Crippen LogP contribution is -2.50. The third-order valence-electron chi connectivity index (χ3n) is 6.42. The van der Waals surface area contributed by atoms with Gasteiger partial charge in [-0.2, -0.15) is 0 Å². The lowest BCUT2D eigenvalue weighted by Gasteiger charge is -2.38. The van der Waals surface area contributed by atoms with Crippen LogP contribution in [0.3, 0.4) is 0 Å². The zero-order valence-electron chi connectivity index (χ0n) is 19.6. The van der Waals surface area contributed by atoms with Gasteiger partial charge in [-0.25, -0.2) is 0 Å². The smallest absolute Gasteiger partial charge is 0.255 e. The molecule has 3 N–H and O–H groups in total. The number of hydrogen-bond acceptors (Lipinski definition) is 7. The second-order valence-electron chi connectivity index (χ2n) is 8.68. The predicted molar refractivity (Wildman–Crippen MR) is 127 cm³/mol. The lowest BCUT2D eigenvalue weighted by molar-refractivity contribution is -0.142. The van der Waals surface area contributed by atoms with Gasteiger partial charge in [-0.1, -0.05) is 11.6 Å². The van der Waals surface area contributed by atoms with E-state index >= 15 is 0 Å². The highest BCUT2D eigenvalue weighted by Crippen LogP contribution is 2.28. The topological polar surface area (TPSA) is 106 Å². The second-order valence-corrected chi connectivity index (χ2v) is 9.09. The van der Waals surface area contributed by atoms with Crippen molar-refractivity contribution >= 4 is 29.1 Å². The zero-order chi connectivity index (χ0) is 24.0. The molecule has 2 unspecified atom stereocenters. The highest BCUT2D eigenvalue weighted by molar-refractivity contribution is 6.33. The summed E-state index contributed by atoms with van der Waals surface area (Å²) in [6.45, 7) is 6.93. The van der Waals surface area contributed by atoms with E-state index in [0.29, 0.717) is 41.1 Å². The third-order valence-corrected chi connectivity index (χ3v) is 6.75. The van der Waals surface area contributed by atoms with Crippen molar-refractivity contribution in [2.24, 2.45) is 5.92 Å². The Hall–Kier alpha value is -2.07. The summed E-state index contributed by atoms with van der Waals surface area (Å²) < 4.78 is 16.3. The van der Waals surface area contributed by atoms with Crippen LogP contribution in [0.5, 0.6) is 5.75 Å². The number of amides is 2. The van der Waals surface area contributed by atoms with Crippen LogP contribution in [0.1, 0.15) is 30.1 Å². The van der Waals surface area contributed by atoms with E-state index in [1.807, 2.05) is 4.90 Å². The molecule has 0 aliphatic carbocycles. The molecule has 2 fully saturated rings. The molecule has 184 valence electrons. The summed E-state index contributed by atoms with van der Waals surface area (Å²) >= 11 is 6.08. The van der Waals surface area contributed by atoms with Gasteiger partial charge in [0, 0.05) is 52.4 Å². The number of carbonyl (C=O) groups excluding carboxylic acids is 2. The number of anilines is 1. The number of methoxy groups -OCH3 is 2. The number of carbonyl (C=O) groups is 2. The molecule has 10 heteroatoms. The number of rotatable bonds is 8. The molecule has 0 saturated carbocycles. The van der Waals surface area contributed by atoms with Crippen molar-refractivity contribution in [3.05, 3.63) is 22.7 Å². The van der Waals surface area contributed by atoms with Crippen LogP contribution in [-0.4, -0.2) is 93.9 Å². The molecule has 1 aromatic carbocycles. The monoisotopic (exact) mass is 482 g/mol. The van der Waals surface area contributed by atoms with E-state index in [1.54, 1.807) is 20.1 Å². The molecule has 2 aliphatic heterocycles. The number of benzene rings is 1. The first-order valence-electron chi connectivity index (χ1n) is 11.4. The molecule has 0 radical (unpaired) electrons. The van der Waals surface area contributed by atoms with Gasteiger partial charge in [-0.3, -0.25) is 14.5 Å². The van der Waals surface area contributed by atoms with Gasteiger partial charge in [-0.15, -0.1) is 0 Å². The molecule has 2 saturated heterocycles. The number of piperidine rings is 1. The third kappa shape index (κ3) is 6.72. The van der Waals surface area contributed by atoms with Gasteiger partial charge in [0.05, 0.1) is 36.1 Å². The molecule has 3 rings (SSSR count). The summed E-state index contributed by atoms with van der Waals surface area (Å²) in [4.78, 5) is 29.3. The maximum absolute atomic E-state index is 12.7. The molecule has 33 heavy (non-hydrogen) atoms. The normalized spacial score (nSPS) is 21.0. The maximum Gasteiger partial charge on any atom is 0.255 e. The van der Waals surface area contributed by atoms with Crippen molar-refractivity contribution in [3.8, 4) is 5.75 Å². The highest BCUT2D eigenvalue weighted by atomic mass is 35.5. The van der Waals surface area contributed by atoms with E-state index < -0.39 is 0 Å². The Morgan fingerprint density at radius 3 is 2.67 bits per heavy atom. The minimum atomic E-state index is -0.388. The van der Waals surface area contributed by atoms with E-state index in [-0.39, 0.29) is 24.0 Å². The molecule has 9 nitrogen and oxygen atoms in total. The van der Waals surface area contributed by atoms with Crippen molar-refractivity contribution in [1.29, 1.82) is 0 Å². The standard InChI is InChI=1S/C23H35ClN4O5/c1-15(31-2)23(30)28-6-4-16(5-7-28)13-27-8-9-33-17(14-27)12-26-22(29)18-10-19(24)20(25)11-21(18)32-3/h10-11,15-17H,4-9,12-14,25H2,1-3H3,(H,26,29). The fourth-order valence-corrected chi connectivity index (χ4v) is 4.51. The van der Waals surface area contributed by atoms with Crippen LogP contribution < -0.4 is 15.8 Å². The first kappa shape index (κ1) is 25.6. The molecule has 2 heterocycles. The van der Waals surface area contributed by atoms with Gasteiger partial charge in [-0.05, 0) is 31.7 Å². The predicted octanol–water partition coefficient (Wildman–Crippen LogP) is 1.63. The lowest BCUT2D eigenvalue weighted by atomic mass is 9.95. The molecular weight excluding hydrogens is 448 g/mol. The first-order valence-corrected chi connectivity index (χ1v) is 11.8. The van der Waals surface area contributed by atoms with Gasteiger partial charge in [0.15, 0.2) is 0 Å².